The Balaban J connectivity index is 1.33. The van der Waals surface area contributed by atoms with Crippen molar-refractivity contribution in [1.29, 1.82) is 0 Å². The molecule has 13 heteroatoms. The van der Waals surface area contributed by atoms with Crippen molar-refractivity contribution in [3.05, 3.63) is 58.0 Å². The van der Waals surface area contributed by atoms with Crippen molar-refractivity contribution < 1.29 is 23.8 Å². The normalized spacial score (nSPS) is 21.0. The van der Waals surface area contributed by atoms with Crippen LogP contribution in [0, 0.1) is 0 Å². The summed E-state index contributed by atoms with van der Waals surface area (Å²) in [5.41, 5.74) is 4.54. The summed E-state index contributed by atoms with van der Waals surface area (Å²) < 4.78 is 20.4. The summed E-state index contributed by atoms with van der Waals surface area (Å²) in [7, 11) is 3.47. The van der Waals surface area contributed by atoms with Gasteiger partial charge in [0.05, 0.1) is 37.3 Å². The Hall–Kier alpha value is -3.68. The zero-order chi connectivity index (χ0) is 32.1. The van der Waals surface area contributed by atoms with Crippen LogP contribution in [0.5, 0.6) is 0 Å². The van der Waals surface area contributed by atoms with Gasteiger partial charge in [-0.15, -0.1) is 0 Å². The average Bonchev–Trinajstić information content (AvgIpc) is 3.28. The Morgan fingerprint density at radius 2 is 1.98 bits per heavy atom. The van der Waals surface area contributed by atoms with Gasteiger partial charge in [0.15, 0.2) is 10.9 Å². The maximum Gasteiger partial charge on any atom is 0.412 e. The minimum absolute atomic E-state index is 0.112. The quantitative estimate of drug-likeness (QED) is 0.312. The summed E-state index contributed by atoms with van der Waals surface area (Å²) in [5, 5.41) is 8.16. The molecule has 3 aliphatic rings. The van der Waals surface area contributed by atoms with Crippen LogP contribution in [-0.4, -0.2) is 75.8 Å². The molecule has 0 unspecified atom stereocenters. The molecule has 1 spiro atoms. The molecule has 0 bridgehead atoms. The molecule has 2 atom stereocenters. The Morgan fingerprint density at radius 3 is 2.71 bits per heavy atom. The van der Waals surface area contributed by atoms with Crippen molar-refractivity contribution in [3.63, 3.8) is 0 Å². The van der Waals surface area contributed by atoms with Crippen LogP contribution in [0.2, 0.25) is 0 Å². The Bertz CT molecular complexity index is 1630. The number of nitrogens with one attached hydrogen (secondary N) is 1. The highest BCUT2D eigenvalue weighted by Gasteiger charge is 2.45. The van der Waals surface area contributed by atoms with E-state index in [9.17, 15) is 9.59 Å². The molecule has 0 fully saturated rings. The van der Waals surface area contributed by atoms with Gasteiger partial charge in [0.1, 0.15) is 17.0 Å². The third kappa shape index (κ3) is 6.25. The van der Waals surface area contributed by atoms with Gasteiger partial charge in [-0.05, 0) is 69.7 Å². The van der Waals surface area contributed by atoms with E-state index in [0.29, 0.717) is 42.7 Å². The van der Waals surface area contributed by atoms with Crippen LogP contribution in [0.25, 0.3) is 0 Å². The van der Waals surface area contributed by atoms with E-state index in [1.165, 1.54) is 11.8 Å². The summed E-state index contributed by atoms with van der Waals surface area (Å²) in [6.07, 6.45) is 2.70. The van der Waals surface area contributed by atoms with E-state index in [-0.39, 0.29) is 12.0 Å². The first kappa shape index (κ1) is 31.3. The van der Waals surface area contributed by atoms with Gasteiger partial charge in [0.25, 0.3) is 5.91 Å². The molecule has 0 saturated heterocycles. The van der Waals surface area contributed by atoms with Crippen LogP contribution in [0.15, 0.2) is 29.4 Å². The SMILES string of the molecule is CSc1nc2c(c(N3CCCn4nc(C(=O)N(C)C)cc4C3)n1)CO[C@]1(CO[C@@H](C)c3ccc(NC(=O)OC(C)(C)C)cc31)C2. The molecule has 45 heavy (non-hydrogen) atoms. The number of aryl methyl sites for hydroxylation is 1. The van der Waals surface area contributed by atoms with E-state index in [1.807, 2.05) is 62.9 Å². The number of anilines is 2. The highest BCUT2D eigenvalue weighted by molar-refractivity contribution is 7.98. The van der Waals surface area contributed by atoms with E-state index in [4.69, 9.17) is 24.2 Å². The van der Waals surface area contributed by atoms with Gasteiger partial charge >= 0.3 is 6.09 Å². The van der Waals surface area contributed by atoms with Crippen molar-refractivity contribution in [2.24, 2.45) is 0 Å². The lowest BCUT2D eigenvalue weighted by molar-refractivity contribution is -0.148. The summed E-state index contributed by atoms with van der Waals surface area (Å²) in [4.78, 5) is 39.0. The number of carbonyl (C=O) groups is 2. The molecule has 240 valence electrons. The number of aromatic nitrogens is 4. The van der Waals surface area contributed by atoms with Gasteiger partial charge < -0.3 is 24.0 Å². The number of nitrogens with zero attached hydrogens (tertiary/aromatic N) is 6. The zero-order valence-corrected chi connectivity index (χ0v) is 27.8. The predicted octanol–water partition coefficient (Wildman–Crippen LogP) is 4.91. The van der Waals surface area contributed by atoms with Gasteiger partial charge in [-0.2, -0.15) is 5.10 Å². The first-order valence-corrected chi connectivity index (χ1v) is 16.5. The minimum Gasteiger partial charge on any atom is -0.444 e. The smallest absolute Gasteiger partial charge is 0.412 e. The van der Waals surface area contributed by atoms with Gasteiger partial charge in [-0.3, -0.25) is 14.8 Å². The summed E-state index contributed by atoms with van der Waals surface area (Å²) in [6, 6.07) is 7.71. The zero-order valence-electron chi connectivity index (χ0n) is 27.0. The standard InChI is InChI=1S/C32H41N7O5S/c1-19-22-10-9-20(33-30(41)44-31(2,3)4)13-24(22)32(18-42-19)15-26-23(17-43-32)27(35-29(34-26)45-7)38-11-8-12-39-21(16-38)14-25(36-39)28(40)37(5)6/h9-10,13-14,19H,8,11-12,15-18H2,1-7H3,(H,33,41)/t19-,32-/m0/s1. The lowest BCUT2D eigenvalue weighted by atomic mass is 9.80. The fourth-order valence-electron chi connectivity index (χ4n) is 6.15. The van der Waals surface area contributed by atoms with Gasteiger partial charge in [-0.25, -0.2) is 14.8 Å². The molecule has 0 saturated carbocycles. The molecule has 12 nitrogen and oxygen atoms in total. The van der Waals surface area contributed by atoms with Gasteiger partial charge in [0.2, 0.25) is 0 Å². The second-order valence-electron chi connectivity index (χ2n) is 13.0. The first-order chi connectivity index (χ1) is 21.4. The van der Waals surface area contributed by atoms with Crippen molar-refractivity contribution in [2.45, 2.75) is 82.7 Å². The monoisotopic (exact) mass is 635 g/mol. The molecule has 2 aromatic heterocycles. The van der Waals surface area contributed by atoms with E-state index in [0.717, 1.165) is 53.4 Å². The van der Waals surface area contributed by atoms with Crippen LogP contribution in [0.4, 0.5) is 16.3 Å². The molecule has 2 amide bonds. The minimum atomic E-state index is -0.777. The summed E-state index contributed by atoms with van der Waals surface area (Å²) in [5.74, 6) is 0.735. The van der Waals surface area contributed by atoms with E-state index in [1.54, 1.807) is 19.0 Å². The third-order valence-corrected chi connectivity index (χ3v) is 8.86. The Morgan fingerprint density at radius 1 is 1.18 bits per heavy atom. The maximum atomic E-state index is 12.6. The number of benzene rings is 1. The highest BCUT2D eigenvalue weighted by atomic mass is 32.2. The molecule has 5 heterocycles. The summed E-state index contributed by atoms with van der Waals surface area (Å²) >= 11 is 1.51. The number of fused-ring (bicyclic) bond motifs is 4. The second kappa shape index (κ2) is 11.9. The molecular formula is C32H41N7O5S. The van der Waals surface area contributed by atoms with Gasteiger partial charge in [-0.1, -0.05) is 17.8 Å². The largest absolute Gasteiger partial charge is 0.444 e. The Kier molecular flexibility index (Phi) is 8.29. The van der Waals surface area contributed by atoms with Crippen LogP contribution < -0.4 is 10.2 Å². The molecule has 3 aromatic rings. The molecule has 0 aliphatic carbocycles. The van der Waals surface area contributed by atoms with E-state index in [2.05, 4.69) is 15.3 Å². The molecule has 3 aliphatic heterocycles. The lowest BCUT2D eigenvalue weighted by Gasteiger charge is -2.44. The van der Waals surface area contributed by atoms with Crippen molar-refractivity contribution in [1.82, 2.24) is 24.6 Å². The third-order valence-electron chi connectivity index (χ3n) is 8.31. The van der Waals surface area contributed by atoms with E-state index < -0.39 is 17.3 Å². The number of amides is 2. The van der Waals surface area contributed by atoms with Crippen LogP contribution in [0.1, 0.15) is 78.8 Å². The molecule has 6 rings (SSSR count). The first-order valence-electron chi connectivity index (χ1n) is 15.2. The molecule has 1 N–H and O–H groups in total. The van der Waals surface area contributed by atoms with E-state index >= 15 is 0 Å². The van der Waals surface area contributed by atoms with Crippen molar-refractivity contribution in [2.75, 3.05) is 43.7 Å². The highest BCUT2D eigenvalue weighted by Crippen LogP contribution is 2.46. The average molecular weight is 636 g/mol. The predicted molar refractivity (Wildman–Crippen MR) is 171 cm³/mol. The van der Waals surface area contributed by atoms with Crippen LogP contribution in [0.3, 0.4) is 0 Å². The number of hydrogen-bond acceptors (Lipinski definition) is 10. The summed E-state index contributed by atoms with van der Waals surface area (Å²) in [6.45, 7) is 10.3. The fourth-order valence-corrected chi connectivity index (χ4v) is 6.53. The topological polar surface area (TPSA) is 124 Å². The molecule has 1 aromatic carbocycles. The number of ether oxygens (including phenoxy) is 3. The van der Waals surface area contributed by atoms with Gasteiger partial charge in [0, 0.05) is 44.9 Å². The molecular weight excluding hydrogens is 594 g/mol. The molecule has 0 radical (unpaired) electrons. The fraction of sp³-hybridized carbons (Fsp3) is 0.531. The van der Waals surface area contributed by atoms with Crippen molar-refractivity contribution >= 4 is 35.3 Å². The number of hydrogen-bond donors (Lipinski definition) is 1. The number of thioether (sulfide) groups is 1. The van der Waals surface area contributed by atoms with Crippen molar-refractivity contribution in [3.8, 4) is 0 Å². The Labute approximate surface area is 267 Å². The maximum absolute atomic E-state index is 12.6. The van der Waals surface area contributed by atoms with Crippen LogP contribution >= 0.6 is 11.8 Å². The van der Waals surface area contributed by atoms with Crippen LogP contribution in [-0.2, 0) is 45.9 Å². The lowest BCUT2D eigenvalue weighted by Crippen LogP contribution is -2.45. The second-order valence-corrected chi connectivity index (χ2v) is 13.8. The number of carbonyl (C=O) groups excluding carboxylic acids is 2. The number of rotatable bonds is 4.